The van der Waals surface area contributed by atoms with Gasteiger partial charge < -0.3 is 10.6 Å². The molecule has 1 saturated heterocycles. The molecule has 3 rings (SSSR count). The van der Waals surface area contributed by atoms with E-state index in [9.17, 15) is 14.0 Å². The zero-order valence-corrected chi connectivity index (χ0v) is 15.9. The van der Waals surface area contributed by atoms with Gasteiger partial charge in [-0.1, -0.05) is 24.3 Å². The van der Waals surface area contributed by atoms with Crippen LogP contribution in [0.3, 0.4) is 0 Å². The third-order valence-electron chi connectivity index (χ3n) is 4.49. The van der Waals surface area contributed by atoms with Crippen molar-refractivity contribution >= 4 is 29.8 Å². The fraction of sp³-hybridized carbons (Fsp3) is 0.300. The quantitative estimate of drug-likeness (QED) is 0.769. The minimum absolute atomic E-state index is 0. The van der Waals surface area contributed by atoms with Crippen molar-refractivity contribution in [2.24, 2.45) is 0 Å². The number of nitrogens with one attached hydrogen (secondary N) is 2. The average molecular weight is 392 g/mol. The normalized spacial score (nSPS) is 17.0. The molecular weight excluding hydrogens is 369 g/mol. The number of amides is 1. The Labute approximate surface area is 164 Å². The molecule has 1 aliphatic heterocycles. The van der Waals surface area contributed by atoms with Crippen molar-refractivity contribution in [1.82, 2.24) is 10.2 Å². The zero-order chi connectivity index (χ0) is 18.5. The van der Waals surface area contributed by atoms with Gasteiger partial charge in [-0.2, -0.15) is 0 Å². The maximum atomic E-state index is 13.6. The first-order chi connectivity index (χ1) is 12.5. The lowest BCUT2D eigenvalue weighted by Crippen LogP contribution is -2.48. The molecule has 5 nitrogen and oxygen atoms in total. The van der Waals surface area contributed by atoms with Gasteiger partial charge in [-0.3, -0.25) is 14.5 Å². The van der Waals surface area contributed by atoms with E-state index in [1.54, 1.807) is 30.3 Å². The van der Waals surface area contributed by atoms with Crippen molar-refractivity contribution in [3.8, 4) is 0 Å². The van der Waals surface area contributed by atoms with Gasteiger partial charge in [-0.15, -0.1) is 12.4 Å². The number of benzene rings is 2. The predicted molar refractivity (Wildman–Crippen MR) is 106 cm³/mol. The van der Waals surface area contributed by atoms with Crippen molar-refractivity contribution < 1.29 is 14.0 Å². The van der Waals surface area contributed by atoms with E-state index in [0.29, 0.717) is 24.3 Å². The van der Waals surface area contributed by atoms with Gasteiger partial charge in [-0.25, -0.2) is 4.39 Å². The first kappa shape index (κ1) is 21.0. The number of anilines is 1. The van der Waals surface area contributed by atoms with Crippen molar-refractivity contribution in [2.45, 2.75) is 13.0 Å². The van der Waals surface area contributed by atoms with Gasteiger partial charge in [0.25, 0.3) is 0 Å². The zero-order valence-electron chi connectivity index (χ0n) is 15.1. The maximum absolute atomic E-state index is 13.6. The standard InChI is InChI=1S/C20H22FN3O2.ClH/c1-14(25)15-4-3-7-18(11-15)23-20(26)13-24-9-8-22-12-19(24)16-5-2-6-17(21)10-16;/h2-7,10-11,19,22H,8-9,12-13H2,1H3,(H,23,26);1H. The summed E-state index contributed by atoms with van der Waals surface area (Å²) in [7, 11) is 0. The Kier molecular flexibility index (Phi) is 7.47. The highest BCUT2D eigenvalue weighted by Crippen LogP contribution is 2.23. The third-order valence-corrected chi connectivity index (χ3v) is 4.49. The Morgan fingerprint density at radius 1 is 1.22 bits per heavy atom. The highest BCUT2D eigenvalue weighted by Gasteiger charge is 2.25. The molecule has 0 bridgehead atoms. The van der Waals surface area contributed by atoms with Crippen LogP contribution in [0.4, 0.5) is 10.1 Å². The van der Waals surface area contributed by atoms with Gasteiger partial charge in [0, 0.05) is 36.9 Å². The number of Topliss-reactive ketones (excluding diaryl/α,β-unsaturated/α-hetero) is 1. The van der Waals surface area contributed by atoms with Crippen LogP contribution in [0, 0.1) is 5.82 Å². The van der Waals surface area contributed by atoms with Gasteiger partial charge in [0.15, 0.2) is 5.78 Å². The summed E-state index contributed by atoms with van der Waals surface area (Å²) in [5, 5.41) is 6.13. The summed E-state index contributed by atoms with van der Waals surface area (Å²) in [5.74, 6) is -0.484. The number of carbonyl (C=O) groups excluding carboxylic acids is 2. The van der Waals surface area contributed by atoms with Crippen LogP contribution in [0.5, 0.6) is 0 Å². The second-order valence-corrected chi connectivity index (χ2v) is 6.43. The molecule has 0 radical (unpaired) electrons. The first-order valence-corrected chi connectivity index (χ1v) is 8.64. The van der Waals surface area contributed by atoms with Crippen LogP contribution in [0.15, 0.2) is 48.5 Å². The molecule has 2 aromatic rings. The summed E-state index contributed by atoms with van der Waals surface area (Å²) in [6, 6.07) is 13.3. The van der Waals surface area contributed by atoms with Gasteiger partial charge in [-0.05, 0) is 36.8 Å². The van der Waals surface area contributed by atoms with Crippen molar-refractivity contribution in [2.75, 3.05) is 31.5 Å². The van der Waals surface area contributed by atoms with Crippen molar-refractivity contribution in [1.29, 1.82) is 0 Å². The number of hydrogen-bond acceptors (Lipinski definition) is 4. The van der Waals surface area contributed by atoms with Crippen molar-refractivity contribution in [3.05, 3.63) is 65.5 Å². The molecule has 1 fully saturated rings. The van der Waals surface area contributed by atoms with Crippen LogP contribution < -0.4 is 10.6 Å². The molecule has 1 heterocycles. The smallest absolute Gasteiger partial charge is 0.238 e. The van der Waals surface area contributed by atoms with Gasteiger partial charge in [0.05, 0.1) is 6.54 Å². The molecule has 1 aliphatic rings. The Balaban J connectivity index is 0.00000261. The topological polar surface area (TPSA) is 61.4 Å². The van der Waals surface area contributed by atoms with E-state index in [2.05, 4.69) is 10.6 Å². The Morgan fingerprint density at radius 2 is 2.00 bits per heavy atom. The number of carbonyl (C=O) groups is 2. The molecule has 0 saturated carbocycles. The van der Waals surface area contributed by atoms with E-state index in [1.165, 1.54) is 19.1 Å². The minimum atomic E-state index is -0.279. The molecule has 27 heavy (non-hydrogen) atoms. The lowest BCUT2D eigenvalue weighted by molar-refractivity contribution is -0.118. The SMILES string of the molecule is CC(=O)c1cccc(NC(=O)CN2CCNCC2c2cccc(F)c2)c1.Cl. The fourth-order valence-electron chi connectivity index (χ4n) is 3.18. The maximum Gasteiger partial charge on any atom is 0.238 e. The largest absolute Gasteiger partial charge is 0.325 e. The van der Waals surface area contributed by atoms with Crippen LogP contribution in [0.1, 0.15) is 28.9 Å². The lowest BCUT2D eigenvalue weighted by Gasteiger charge is -2.36. The van der Waals surface area contributed by atoms with Crippen molar-refractivity contribution in [3.63, 3.8) is 0 Å². The molecular formula is C20H23ClFN3O2. The number of nitrogens with zero attached hydrogens (tertiary/aromatic N) is 1. The summed E-state index contributed by atoms with van der Waals surface area (Å²) in [6.45, 7) is 3.83. The molecule has 1 amide bonds. The van der Waals surface area contributed by atoms with Crippen LogP contribution in [-0.4, -0.2) is 42.8 Å². The number of rotatable bonds is 5. The van der Waals surface area contributed by atoms with E-state index in [0.717, 1.165) is 12.1 Å². The molecule has 2 N–H and O–H groups in total. The van der Waals surface area contributed by atoms with Crippen LogP contribution in [0.2, 0.25) is 0 Å². The Morgan fingerprint density at radius 3 is 2.74 bits per heavy atom. The molecule has 0 aromatic heterocycles. The number of piperazine rings is 1. The molecule has 144 valence electrons. The average Bonchev–Trinajstić information content (AvgIpc) is 2.62. The molecule has 2 aromatic carbocycles. The van der Waals surface area contributed by atoms with E-state index in [-0.39, 0.29) is 42.5 Å². The highest BCUT2D eigenvalue weighted by atomic mass is 35.5. The summed E-state index contributed by atoms with van der Waals surface area (Å²) < 4.78 is 13.6. The van der Waals surface area contributed by atoms with Gasteiger partial charge in [0.2, 0.25) is 5.91 Å². The number of hydrogen-bond donors (Lipinski definition) is 2. The fourth-order valence-corrected chi connectivity index (χ4v) is 3.18. The van der Waals surface area contributed by atoms with Gasteiger partial charge in [0.1, 0.15) is 5.82 Å². The second-order valence-electron chi connectivity index (χ2n) is 6.43. The van der Waals surface area contributed by atoms with Crippen LogP contribution in [0.25, 0.3) is 0 Å². The summed E-state index contributed by atoms with van der Waals surface area (Å²) >= 11 is 0. The predicted octanol–water partition coefficient (Wildman–Crippen LogP) is 3.04. The molecule has 1 atom stereocenters. The monoisotopic (exact) mass is 391 g/mol. The molecule has 1 unspecified atom stereocenters. The summed E-state index contributed by atoms with van der Waals surface area (Å²) in [5.41, 5.74) is 2.01. The van der Waals surface area contributed by atoms with Crippen LogP contribution in [-0.2, 0) is 4.79 Å². The van der Waals surface area contributed by atoms with Gasteiger partial charge >= 0.3 is 0 Å². The molecule has 0 spiro atoms. The molecule has 7 heteroatoms. The van der Waals surface area contributed by atoms with E-state index in [1.807, 2.05) is 11.0 Å². The number of halogens is 2. The Hall–Kier alpha value is -2.28. The second kappa shape index (κ2) is 9.60. The Bertz CT molecular complexity index is 815. The summed E-state index contributed by atoms with van der Waals surface area (Å²) in [4.78, 5) is 26.0. The first-order valence-electron chi connectivity index (χ1n) is 8.64. The van der Waals surface area contributed by atoms with E-state index >= 15 is 0 Å². The highest BCUT2D eigenvalue weighted by molar-refractivity contribution is 5.97. The van der Waals surface area contributed by atoms with Crippen LogP contribution >= 0.6 is 12.4 Å². The molecule has 0 aliphatic carbocycles. The summed E-state index contributed by atoms with van der Waals surface area (Å²) in [6.07, 6.45) is 0. The number of ketones is 1. The lowest BCUT2D eigenvalue weighted by atomic mass is 10.0. The minimum Gasteiger partial charge on any atom is -0.325 e. The van der Waals surface area contributed by atoms with E-state index < -0.39 is 0 Å². The van der Waals surface area contributed by atoms with E-state index in [4.69, 9.17) is 0 Å². The third kappa shape index (κ3) is 5.60.